The molecule has 2 aromatic rings. The Balaban J connectivity index is 1.58. The van der Waals surface area contributed by atoms with Crippen molar-refractivity contribution < 1.29 is 4.79 Å². The summed E-state index contributed by atoms with van der Waals surface area (Å²) in [4.78, 5) is 14.4. The van der Waals surface area contributed by atoms with E-state index in [4.69, 9.17) is 0 Å². The molecule has 0 saturated heterocycles. The standard InChI is InChI=1S/C15H18N2OS2/c18-15(17-11-5-6-11)10-16-13(14-4-2-8-20-14)9-12-3-1-7-19-12/h1-4,7-8,11,13,16H,5-6,9-10H2,(H,17,18). The number of carbonyl (C=O) groups is 1. The first-order chi connectivity index (χ1) is 9.81. The maximum absolute atomic E-state index is 11.8. The lowest BCUT2D eigenvalue weighted by Gasteiger charge is -2.16. The van der Waals surface area contributed by atoms with Crippen LogP contribution in [0.3, 0.4) is 0 Å². The number of hydrogen-bond donors (Lipinski definition) is 2. The van der Waals surface area contributed by atoms with E-state index < -0.39 is 0 Å². The number of thiophene rings is 2. The van der Waals surface area contributed by atoms with Crippen LogP contribution in [0.4, 0.5) is 0 Å². The minimum Gasteiger partial charge on any atom is -0.352 e. The SMILES string of the molecule is O=C(CNC(Cc1cccs1)c1cccs1)NC1CC1. The molecule has 0 spiro atoms. The van der Waals surface area contributed by atoms with Crippen LogP contribution in [0.1, 0.15) is 28.6 Å². The van der Waals surface area contributed by atoms with E-state index in [9.17, 15) is 4.79 Å². The van der Waals surface area contributed by atoms with Gasteiger partial charge in [0.1, 0.15) is 0 Å². The molecule has 1 unspecified atom stereocenters. The third-order valence-electron chi connectivity index (χ3n) is 3.32. The van der Waals surface area contributed by atoms with Crippen molar-refractivity contribution in [2.24, 2.45) is 0 Å². The lowest BCUT2D eigenvalue weighted by Crippen LogP contribution is -2.37. The molecule has 1 atom stereocenters. The Morgan fingerprint density at radius 2 is 2.05 bits per heavy atom. The van der Waals surface area contributed by atoms with Gasteiger partial charge in [0.25, 0.3) is 0 Å². The van der Waals surface area contributed by atoms with Gasteiger partial charge in [0, 0.05) is 28.3 Å². The summed E-state index contributed by atoms with van der Waals surface area (Å²) in [5.41, 5.74) is 0. The van der Waals surface area contributed by atoms with Crippen molar-refractivity contribution in [1.82, 2.24) is 10.6 Å². The van der Waals surface area contributed by atoms with Gasteiger partial charge in [-0.2, -0.15) is 0 Å². The Morgan fingerprint density at radius 1 is 1.25 bits per heavy atom. The van der Waals surface area contributed by atoms with Crippen LogP contribution < -0.4 is 10.6 Å². The van der Waals surface area contributed by atoms with Gasteiger partial charge in [0.05, 0.1) is 6.54 Å². The summed E-state index contributed by atoms with van der Waals surface area (Å²) < 4.78 is 0. The molecule has 1 fully saturated rings. The predicted molar refractivity (Wildman–Crippen MR) is 84.3 cm³/mol. The second kappa shape index (κ2) is 6.52. The summed E-state index contributed by atoms with van der Waals surface area (Å²) in [5, 5.41) is 10.6. The number of rotatable bonds is 7. The lowest BCUT2D eigenvalue weighted by atomic mass is 10.1. The fourth-order valence-corrected chi connectivity index (χ4v) is 3.67. The van der Waals surface area contributed by atoms with Gasteiger partial charge in [-0.25, -0.2) is 0 Å². The highest BCUT2D eigenvalue weighted by molar-refractivity contribution is 7.10. The fourth-order valence-electron chi connectivity index (χ4n) is 2.12. The zero-order chi connectivity index (χ0) is 13.8. The average Bonchev–Trinajstić information content (AvgIpc) is 2.95. The van der Waals surface area contributed by atoms with E-state index in [1.165, 1.54) is 9.75 Å². The van der Waals surface area contributed by atoms with Gasteiger partial charge >= 0.3 is 0 Å². The van der Waals surface area contributed by atoms with Gasteiger partial charge in [-0.3, -0.25) is 4.79 Å². The van der Waals surface area contributed by atoms with Crippen LogP contribution in [-0.2, 0) is 11.2 Å². The molecular weight excluding hydrogens is 288 g/mol. The minimum atomic E-state index is 0.111. The van der Waals surface area contributed by atoms with Crippen molar-refractivity contribution in [2.75, 3.05) is 6.54 Å². The zero-order valence-corrected chi connectivity index (χ0v) is 12.8. The molecule has 0 bridgehead atoms. The predicted octanol–water partition coefficient (Wildman–Crippen LogP) is 2.96. The minimum absolute atomic E-state index is 0.111. The molecule has 1 amide bonds. The Morgan fingerprint density at radius 3 is 2.70 bits per heavy atom. The second-order valence-electron chi connectivity index (χ2n) is 5.07. The third kappa shape index (κ3) is 3.91. The van der Waals surface area contributed by atoms with Crippen molar-refractivity contribution in [3.05, 3.63) is 44.8 Å². The van der Waals surface area contributed by atoms with Gasteiger partial charge in [0.15, 0.2) is 0 Å². The molecule has 1 aliphatic rings. The molecule has 2 aromatic heterocycles. The summed E-state index contributed by atoms with van der Waals surface area (Å²) in [6.07, 6.45) is 3.21. The summed E-state index contributed by atoms with van der Waals surface area (Å²) in [6, 6.07) is 9.07. The molecule has 0 aromatic carbocycles. The van der Waals surface area contributed by atoms with Gasteiger partial charge in [0.2, 0.25) is 5.91 Å². The normalized spacial score (nSPS) is 16.0. The highest BCUT2D eigenvalue weighted by Crippen LogP contribution is 2.25. The maximum atomic E-state index is 11.8. The van der Waals surface area contributed by atoms with E-state index >= 15 is 0 Å². The van der Waals surface area contributed by atoms with Crippen LogP contribution in [0.5, 0.6) is 0 Å². The number of amides is 1. The highest BCUT2D eigenvalue weighted by atomic mass is 32.1. The Bertz CT molecular complexity index is 532. The largest absolute Gasteiger partial charge is 0.352 e. The van der Waals surface area contributed by atoms with E-state index in [-0.39, 0.29) is 11.9 Å². The van der Waals surface area contributed by atoms with Crippen molar-refractivity contribution in [3.8, 4) is 0 Å². The topological polar surface area (TPSA) is 41.1 Å². The quantitative estimate of drug-likeness (QED) is 0.826. The Hall–Kier alpha value is -1.17. The van der Waals surface area contributed by atoms with Crippen molar-refractivity contribution in [2.45, 2.75) is 31.3 Å². The second-order valence-corrected chi connectivity index (χ2v) is 7.09. The molecule has 3 rings (SSSR count). The van der Waals surface area contributed by atoms with Crippen LogP contribution in [0, 0.1) is 0 Å². The first-order valence-electron chi connectivity index (χ1n) is 6.90. The summed E-state index contributed by atoms with van der Waals surface area (Å²) >= 11 is 3.51. The smallest absolute Gasteiger partial charge is 0.234 e. The monoisotopic (exact) mass is 306 g/mol. The molecule has 20 heavy (non-hydrogen) atoms. The summed E-state index contributed by atoms with van der Waals surface area (Å²) in [5.74, 6) is 0.111. The molecule has 1 saturated carbocycles. The summed E-state index contributed by atoms with van der Waals surface area (Å²) in [7, 11) is 0. The van der Waals surface area contributed by atoms with Crippen molar-refractivity contribution >= 4 is 28.6 Å². The first kappa shape index (κ1) is 13.8. The van der Waals surface area contributed by atoms with E-state index in [0.717, 1.165) is 19.3 Å². The van der Waals surface area contributed by atoms with Gasteiger partial charge < -0.3 is 10.6 Å². The van der Waals surface area contributed by atoms with Crippen LogP contribution in [0.15, 0.2) is 35.0 Å². The summed E-state index contributed by atoms with van der Waals surface area (Å²) in [6.45, 7) is 0.393. The molecule has 5 heteroatoms. The Kier molecular flexibility index (Phi) is 4.50. The van der Waals surface area contributed by atoms with Crippen LogP contribution in [0.25, 0.3) is 0 Å². The Labute approximate surface area is 127 Å². The molecule has 2 N–H and O–H groups in total. The third-order valence-corrected chi connectivity index (χ3v) is 5.21. The van der Waals surface area contributed by atoms with Crippen LogP contribution >= 0.6 is 22.7 Å². The number of carbonyl (C=O) groups excluding carboxylic acids is 1. The van der Waals surface area contributed by atoms with E-state index in [2.05, 4.69) is 45.7 Å². The van der Waals surface area contributed by atoms with Gasteiger partial charge in [-0.05, 0) is 35.7 Å². The average molecular weight is 306 g/mol. The fraction of sp³-hybridized carbons (Fsp3) is 0.400. The molecule has 1 aliphatic carbocycles. The first-order valence-corrected chi connectivity index (χ1v) is 8.66. The number of nitrogens with one attached hydrogen (secondary N) is 2. The highest BCUT2D eigenvalue weighted by Gasteiger charge is 2.23. The van der Waals surface area contributed by atoms with Crippen LogP contribution in [0.2, 0.25) is 0 Å². The molecule has 0 radical (unpaired) electrons. The molecular formula is C15H18N2OS2. The van der Waals surface area contributed by atoms with Gasteiger partial charge in [-0.1, -0.05) is 12.1 Å². The molecule has 2 heterocycles. The molecule has 3 nitrogen and oxygen atoms in total. The molecule has 0 aliphatic heterocycles. The maximum Gasteiger partial charge on any atom is 0.234 e. The van der Waals surface area contributed by atoms with Crippen LogP contribution in [-0.4, -0.2) is 18.5 Å². The van der Waals surface area contributed by atoms with E-state index in [1.54, 1.807) is 22.7 Å². The zero-order valence-electron chi connectivity index (χ0n) is 11.2. The lowest BCUT2D eigenvalue weighted by molar-refractivity contribution is -0.120. The van der Waals surface area contributed by atoms with Gasteiger partial charge in [-0.15, -0.1) is 22.7 Å². The molecule has 106 valence electrons. The van der Waals surface area contributed by atoms with E-state index in [0.29, 0.717) is 12.6 Å². The number of hydrogen-bond acceptors (Lipinski definition) is 4. The van der Waals surface area contributed by atoms with E-state index in [1.807, 2.05) is 0 Å². The van der Waals surface area contributed by atoms with Crippen molar-refractivity contribution in [3.63, 3.8) is 0 Å². The van der Waals surface area contributed by atoms with Crippen molar-refractivity contribution in [1.29, 1.82) is 0 Å².